The van der Waals surface area contributed by atoms with E-state index in [0.717, 1.165) is 12.1 Å². The predicted octanol–water partition coefficient (Wildman–Crippen LogP) is 5.22. The first kappa shape index (κ1) is 18.8. The van der Waals surface area contributed by atoms with E-state index < -0.39 is 28.0 Å². The van der Waals surface area contributed by atoms with Crippen LogP contribution >= 0.6 is 11.6 Å². The Bertz CT molecular complexity index is 785. The highest BCUT2D eigenvalue weighted by Crippen LogP contribution is 2.32. The molecule has 8 heteroatoms. The van der Waals surface area contributed by atoms with Crippen LogP contribution in [-0.4, -0.2) is 8.42 Å². The van der Waals surface area contributed by atoms with Crippen LogP contribution < -0.4 is 0 Å². The van der Waals surface area contributed by atoms with Crippen LogP contribution in [0.2, 0.25) is 5.02 Å². The molecule has 0 spiro atoms. The second-order valence-electron chi connectivity index (χ2n) is 5.02. The van der Waals surface area contributed by atoms with Crippen LogP contribution in [0.5, 0.6) is 0 Å². The summed E-state index contributed by atoms with van der Waals surface area (Å²) < 4.78 is 67.5. The molecule has 2 aromatic rings. The number of halogens is 4. The zero-order chi connectivity index (χ0) is 18.0. The lowest BCUT2D eigenvalue weighted by atomic mass is 10.1. The van der Waals surface area contributed by atoms with E-state index in [9.17, 15) is 21.6 Å². The normalized spacial score (nSPS) is 13.7. The molecule has 0 saturated heterocycles. The molecular formula is C16H14ClF3O3S. The van der Waals surface area contributed by atoms with E-state index >= 15 is 0 Å². The van der Waals surface area contributed by atoms with Gasteiger partial charge in [0.05, 0.1) is 10.5 Å². The van der Waals surface area contributed by atoms with Crippen LogP contribution in [0, 0.1) is 0 Å². The largest absolute Gasteiger partial charge is 0.416 e. The monoisotopic (exact) mass is 378 g/mol. The van der Waals surface area contributed by atoms with Gasteiger partial charge in [-0.15, -0.1) is 0 Å². The van der Waals surface area contributed by atoms with Crippen LogP contribution in [0.3, 0.4) is 0 Å². The van der Waals surface area contributed by atoms with Gasteiger partial charge in [0.2, 0.25) is 0 Å². The highest BCUT2D eigenvalue weighted by atomic mass is 35.5. The van der Waals surface area contributed by atoms with Crippen molar-refractivity contribution in [2.45, 2.75) is 30.5 Å². The minimum Gasteiger partial charge on any atom is -0.258 e. The molecule has 0 radical (unpaired) electrons. The fourth-order valence-electron chi connectivity index (χ4n) is 2.06. The van der Waals surface area contributed by atoms with Crippen LogP contribution in [0.1, 0.15) is 30.6 Å². The van der Waals surface area contributed by atoms with Crippen molar-refractivity contribution in [1.82, 2.24) is 0 Å². The minimum absolute atomic E-state index is 0.0720. The Balaban J connectivity index is 2.24. The van der Waals surface area contributed by atoms with Gasteiger partial charge >= 0.3 is 6.18 Å². The van der Waals surface area contributed by atoms with Crippen LogP contribution in [0.15, 0.2) is 53.4 Å². The third kappa shape index (κ3) is 4.49. The molecule has 0 aliphatic heterocycles. The summed E-state index contributed by atoms with van der Waals surface area (Å²) in [4.78, 5) is -0.0720. The lowest BCUT2D eigenvalue weighted by molar-refractivity contribution is -0.137. The number of benzene rings is 2. The first-order chi connectivity index (χ1) is 11.1. The molecular weight excluding hydrogens is 365 g/mol. The zero-order valence-corrected chi connectivity index (χ0v) is 14.1. The Labute approximate surface area is 143 Å². The van der Waals surface area contributed by atoms with Gasteiger partial charge in [0, 0.05) is 5.02 Å². The summed E-state index contributed by atoms with van der Waals surface area (Å²) in [6.07, 6.45) is -5.05. The number of hydrogen-bond acceptors (Lipinski definition) is 3. The van der Waals surface area contributed by atoms with Crippen molar-refractivity contribution in [2.24, 2.45) is 0 Å². The summed E-state index contributed by atoms with van der Waals surface area (Å²) in [6.45, 7) is 1.68. The molecule has 0 bridgehead atoms. The summed E-state index contributed by atoms with van der Waals surface area (Å²) in [7, 11) is -4.06. The third-order valence-corrected chi connectivity index (χ3v) is 4.91. The lowest BCUT2D eigenvalue weighted by Crippen LogP contribution is -2.12. The Morgan fingerprint density at radius 1 is 1.04 bits per heavy atom. The molecule has 130 valence electrons. The van der Waals surface area contributed by atoms with E-state index in [2.05, 4.69) is 0 Å². The van der Waals surface area contributed by atoms with Crippen molar-refractivity contribution in [2.75, 3.05) is 0 Å². The van der Waals surface area contributed by atoms with Crippen molar-refractivity contribution >= 4 is 21.7 Å². The molecule has 0 saturated carbocycles. The number of rotatable bonds is 5. The second-order valence-corrected chi connectivity index (χ2v) is 7.03. The quantitative estimate of drug-likeness (QED) is 0.670. The average molecular weight is 379 g/mol. The van der Waals surface area contributed by atoms with Crippen LogP contribution in [0.25, 0.3) is 0 Å². The van der Waals surface area contributed by atoms with E-state index in [1.54, 1.807) is 6.92 Å². The molecule has 0 aromatic heterocycles. The predicted molar refractivity (Wildman–Crippen MR) is 84.2 cm³/mol. The Hall–Kier alpha value is -1.57. The molecule has 0 heterocycles. The molecule has 1 atom stereocenters. The molecule has 0 amide bonds. The summed E-state index contributed by atoms with van der Waals surface area (Å²) >= 11 is 5.71. The molecule has 3 nitrogen and oxygen atoms in total. The van der Waals surface area contributed by atoms with Gasteiger partial charge in [-0.1, -0.05) is 30.7 Å². The van der Waals surface area contributed by atoms with E-state index in [1.165, 1.54) is 36.4 Å². The number of hydrogen-bond donors (Lipinski definition) is 0. The lowest BCUT2D eigenvalue weighted by Gasteiger charge is -2.17. The summed E-state index contributed by atoms with van der Waals surface area (Å²) in [5, 5.41) is 0.378. The van der Waals surface area contributed by atoms with E-state index in [1.807, 2.05) is 0 Å². The number of alkyl halides is 3. The highest BCUT2D eigenvalue weighted by Gasteiger charge is 2.30. The fraction of sp³-hybridized carbons (Fsp3) is 0.250. The molecule has 0 N–H and O–H groups in total. The van der Waals surface area contributed by atoms with E-state index in [0.29, 0.717) is 10.6 Å². The standard InChI is InChI=1S/C16H14ClF3O3S/c1-2-15(11-3-5-12(6-4-11)16(18,19)20)23-24(21,22)14-9-7-13(17)8-10-14/h3-10,15H,2H2,1H3. The summed E-state index contributed by atoms with van der Waals surface area (Å²) in [5.41, 5.74) is -0.454. The average Bonchev–Trinajstić information content (AvgIpc) is 2.52. The summed E-state index contributed by atoms with van der Waals surface area (Å²) in [5.74, 6) is 0. The smallest absolute Gasteiger partial charge is 0.258 e. The molecule has 2 rings (SSSR count). The SMILES string of the molecule is CCC(OS(=O)(=O)c1ccc(Cl)cc1)c1ccc(C(F)(F)F)cc1. The van der Waals surface area contributed by atoms with E-state index in [4.69, 9.17) is 15.8 Å². The van der Waals surface area contributed by atoms with Gasteiger partial charge in [-0.05, 0) is 48.4 Å². The second kappa shape index (κ2) is 7.13. The first-order valence-corrected chi connectivity index (χ1v) is 8.78. The molecule has 0 aliphatic carbocycles. The first-order valence-electron chi connectivity index (χ1n) is 6.99. The van der Waals surface area contributed by atoms with Crippen molar-refractivity contribution in [3.8, 4) is 0 Å². The van der Waals surface area contributed by atoms with Gasteiger partial charge in [-0.25, -0.2) is 0 Å². The Morgan fingerprint density at radius 3 is 2.04 bits per heavy atom. The maximum absolute atomic E-state index is 12.6. The van der Waals surface area contributed by atoms with Crippen LogP contribution in [-0.2, 0) is 20.5 Å². The maximum Gasteiger partial charge on any atom is 0.416 e. The Morgan fingerprint density at radius 2 is 1.58 bits per heavy atom. The van der Waals surface area contributed by atoms with Gasteiger partial charge in [0.1, 0.15) is 6.10 Å². The van der Waals surface area contributed by atoms with Gasteiger partial charge in [0.25, 0.3) is 10.1 Å². The van der Waals surface area contributed by atoms with Gasteiger partial charge in [-0.2, -0.15) is 21.6 Å². The molecule has 1 unspecified atom stereocenters. The third-order valence-electron chi connectivity index (χ3n) is 3.33. The zero-order valence-electron chi connectivity index (χ0n) is 12.5. The summed E-state index contributed by atoms with van der Waals surface area (Å²) in [6, 6.07) is 9.66. The highest BCUT2D eigenvalue weighted by molar-refractivity contribution is 7.86. The van der Waals surface area contributed by atoms with Crippen molar-refractivity contribution < 1.29 is 25.8 Å². The van der Waals surface area contributed by atoms with Gasteiger partial charge in [0.15, 0.2) is 0 Å². The molecule has 0 aliphatic rings. The molecule has 0 fully saturated rings. The van der Waals surface area contributed by atoms with Gasteiger partial charge < -0.3 is 0 Å². The van der Waals surface area contributed by atoms with E-state index in [-0.39, 0.29) is 11.3 Å². The van der Waals surface area contributed by atoms with Crippen molar-refractivity contribution in [3.05, 3.63) is 64.7 Å². The van der Waals surface area contributed by atoms with Crippen LogP contribution in [0.4, 0.5) is 13.2 Å². The van der Waals surface area contributed by atoms with Crippen molar-refractivity contribution in [1.29, 1.82) is 0 Å². The maximum atomic E-state index is 12.6. The van der Waals surface area contributed by atoms with Crippen molar-refractivity contribution in [3.63, 3.8) is 0 Å². The molecule has 2 aromatic carbocycles. The molecule has 24 heavy (non-hydrogen) atoms. The fourth-order valence-corrected chi connectivity index (χ4v) is 3.32. The Kier molecular flexibility index (Phi) is 5.57. The minimum atomic E-state index is -4.45. The van der Waals surface area contributed by atoms with Gasteiger partial charge in [-0.3, -0.25) is 4.18 Å². The topological polar surface area (TPSA) is 43.4 Å².